The lowest BCUT2D eigenvalue weighted by Gasteiger charge is -2.15. The number of halogens is 1. The molecule has 5 rings (SSSR count). The Labute approximate surface area is 245 Å². The number of carboxylic acid groups (broad SMARTS) is 1. The first-order valence-electron chi connectivity index (χ1n) is 13.2. The molecular weight excluding hydrogens is 553 g/mol. The molecule has 0 aliphatic heterocycles. The first-order chi connectivity index (χ1) is 20.7. The summed E-state index contributed by atoms with van der Waals surface area (Å²) in [4.78, 5) is 32.7. The van der Waals surface area contributed by atoms with Gasteiger partial charge in [0.15, 0.2) is 6.10 Å². The van der Waals surface area contributed by atoms with Crippen molar-refractivity contribution in [2.24, 2.45) is 5.73 Å². The molecule has 0 fully saturated rings. The third-order valence-electron chi connectivity index (χ3n) is 6.92. The number of hydrogen-bond donors (Lipinski definition) is 2. The Hall–Kier alpha value is -5.60. The summed E-state index contributed by atoms with van der Waals surface area (Å²) in [5, 5.41) is 18.4. The van der Waals surface area contributed by atoms with Crippen molar-refractivity contribution in [3.63, 3.8) is 0 Å². The maximum atomic E-state index is 14.2. The molecule has 1 amide bonds. The molecule has 2 aromatic heterocycles. The molecule has 10 nitrogen and oxygen atoms in total. The molecule has 2 heterocycles. The molecule has 1 atom stereocenters. The highest BCUT2D eigenvalue weighted by Crippen LogP contribution is 2.25. The number of fused-ring (bicyclic) bond motifs is 1. The zero-order chi connectivity index (χ0) is 30.5. The molecule has 0 saturated carbocycles. The van der Waals surface area contributed by atoms with E-state index in [2.05, 4.69) is 4.98 Å². The number of primary amides is 1. The van der Waals surface area contributed by atoms with E-state index < -0.39 is 23.8 Å². The van der Waals surface area contributed by atoms with Crippen LogP contribution in [0.4, 0.5) is 4.39 Å². The summed E-state index contributed by atoms with van der Waals surface area (Å²) in [5.74, 6) is -1.31. The number of hydrogen-bond acceptors (Lipinski definition) is 7. The lowest BCUT2D eigenvalue weighted by Crippen LogP contribution is -2.34. The highest BCUT2D eigenvalue weighted by atomic mass is 19.1. The van der Waals surface area contributed by atoms with E-state index in [-0.39, 0.29) is 24.3 Å². The molecule has 0 aliphatic rings. The fraction of sp³-hybridized carbons (Fsp3) is 0.156. The van der Waals surface area contributed by atoms with Gasteiger partial charge in [0.1, 0.15) is 18.2 Å². The van der Waals surface area contributed by atoms with Crippen LogP contribution >= 0.6 is 0 Å². The van der Waals surface area contributed by atoms with Gasteiger partial charge in [-0.25, -0.2) is 19.2 Å². The van der Waals surface area contributed by atoms with Crippen molar-refractivity contribution in [3.05, 3.63) is 113 Å². The number of nitrogens with zero attached hydrogens (tertiary/aromatic N) is 4. The summed E-state index contributed by atoms with van der Waals surface area (Å²) < 4.78 is 26.9. The number of aromatic carboxylic acids is 1. The Bertz CT molecular complexity index is 1860. The Balaban J connectivity index is 1.36. The van der Waals surface area contributed by atoms with Gasteiger partial charge in [-0.3, -0.25) is 4.79 Å². The van der Waals surface area contributed by atoms with E-state index in [1.807, 2.05) is 36.4 Å². The molecule has 3 N–H and O–H groups in total. The number of rotatable bonds is 11. The highest BCUT2D eigenvalue weighted by molar-refractivity contribution is 5.92. The van der Waals surface area contributed by atoms with E-state index >= 15 is 0 Å². The van der Waals surface area contributed by atoms with Gasteiger partial charge in [0.2, 0.25) is 11.8 Å². The third-order valence-corrected chi connectivity index (χ3v) is 6.92. The van der Waals surface area contributed by atoms with E-state index in [1.54, 1.807) is 22.8 Å². The number of nitriles is 1. The van der Waals surface area contributed by atoms with Crippen molar-refractivity contribution in [2.75, 3.05) is 7.11 Å². The highest BCUT2D eigenvalue weighted by Gasteiger charge is 2.21. The van der Waals surface area contributed by atoms with E-state index in [0.29, 0.717) is 40.4 Å². The van der Waals surface area contributed by atoms with Crippen LogP contribution in [-0.4, -0.2) is 44.7 Å². The molecule has 216 valence electrons. The second-order valence-corrected chi connectivity index (χ2v) is 9.72. The molecular formula is C32H26FN5O5. The van der Waals surface area contributed by atoms with Gasteiger partial charge in [-0.1, -0.05) is 36.4 Å². The summed E-state index contributed by atoms with van der Waals surface area (Å²) >= 11 is 0. The average molecular weight is 580 g/mol. The number of aromatic nitrogens is 3. The minimum atomic E-state index is -1.07. The largest absolute Gasteiger partial charge is 0.478 e. The number of carboxylic acids is 1. The standard InChI is InChI=1S/C32H26FN5O5/c1-42-28(31(35)39)17-38-27-15-22(32(40)41)11-12-26(27)36-29(38)14-19-5-8-21(9-6-19)25-3-2-4-30(37-25)43-18-23-10-7-20(16-34)13-24(23)33/h2-13,15,28H,14,17-18H2,1H3,(H2,35,39)(H,40,41). The molecule has 3 aromatic carbocycles. The number of imidazole rings is 1. The maximum absolute atomic E-state index is 14.2. The molecule has 0 saturated heterocycles. The number of carbonyl (C=O) groups is 2. The summed E-state index contributed by atoms with van der Waals surface area (Å²) in [6, 6.07) is 23.7. The summed E-state index contributed by atoms with van der Waals surface area (Å²) in [5.41, 5.74) is 9.67. The predicted molar refractivity (Wildman–Crippen MR) is 155 cm³/mol. The second-order valence-electron chi connectivity index (χ2n) is 9.72. The fourth-order valence-electron chi connectivity index (χ4n) is 4.61. The predicted octanol–water partition coefficient (Wildman–Crippen LogP) is 4.48. The van der Waals surface area contributed by atoms with Crippen molar-refractivity contribution in [1.29, 1.82) is 5.26 Å². The van der Waals surface area contributed by atoms with Gasteiger partial charge in [0.25, 0.3) is 0 Å². The number of nitrogens with two attached hydrogens (primary N) is 1. The fourth-order valence-corrected chi connectivity index (χ4v) is 4.61. The van der Waals surface area contributed by atoms with Crippen molar-refractivity contribution in [1.82, 2.24) is 14.5 Å². The zero-order valence-corrected chi connectivity index (χ0v) is 23.0. The van der Waals surface area contributed by atoms with Crippen LogP contribution in [0.1, 0.15) is 32.9 Å². The number of methoxy groups -OCH3 is 1. The van der Waals surface area contributed by atoms with Crippen LogP contribution in [0.25, 0.3) is 22.3 Å². The van der Waals surface area contributed by atoms with Gasteiger partial charge < -0.3 is 24.9 Å². The molecule has 43 heavy (non-hydrogen) atoms. The first-order valence-corrected chi connectivity index (χ1v) is 13.2. The van der Waals surface area contributed by atoms with Crippen molar-refractivity contribution in [3.8, 4) is 23.2 Å². The van der Waals surface area contributed by atoms with Crippen molar-refractivity contribution >= 4 is 22.9 Å². The Kier molecular flexibility index (Phi) is 8.41. The monoisotopic (exact) mass is 579 g/mol. The molecule has 5 aromatic rings. The Morgan fingerprint density at radius 3 is 2.53 bits per heavy atom. The number of amides is 1. The molecule has 0 bridgehead atoms. The van der Waals surface area contributed by atoms with Gasteiger partial charge in [-0.2, -0.15) is 5.26 Å². The summed E-state index contributed by atoms with van der Waals surface area (Å²) in [6.45, 7) is 0.0312. The summed E-state index contributed by atoms with van der Waals surface area (Å²) in [7, 11) is 1.38. The van der Waals surface area contributed by atoms with E-state index in [0.717, 1.165) is 11.1 Å². The first kappa shape index (κ1) is 28.9. The average Bonchev–Trinajstić information content (AvgIpc) is 3.35. The molecule has 0 radical (unpaired) electrons. The normalized spacial score (nSPS) is 11.7. The van der Waals surface area contributed by atoms with Crippen LogP contribution in [0.5, 0.6) is 5.88 Å². The molecule has 11 heteroatoms. The van der Waals surface area contributed by atoms with Crippen LogP contribution < -0.4 is 10.5 Å². The minimum Gasteiger partial charge on any atom is -0.478 e. The second kappa shape index (κ2) is 12.5. The lowest BCUT2D eigenvalue weighted by molar-refractivity contribution is -0.128. The molecule has 0 aliphatic carbocycles. The van der Waals surface area contributed by atoms with Crippen LogP contribution in [0.2, 0.25) is 0 Å². The molecule has 0 spiro atoms. The van der Waals surface area contributed by atoms with Crippen LogP contribution in [0.15, 0.2) is 78.9 Å². The maximum Gasteiger partial charge on any atom is 0.335 e. The number of benzene rings is 3. The smallest absolute Gasteiger partial charge is 0.335 e. The summed E-state index contributed by atoms with van der Waals surface area (Å²) in [6.07, 6.45) is -0.541. The third kappa shape index (κ3) is 6.50. The van der Waals surface area contributed by atoms with Gasteiger partial charge in [-0.05, 0) is 42.0 Å². The Morgan fingerprint density at radius 2 is 1.86 bits per heavy atom. The van der Waals surface area contributed by atoms with Gasteiger partial charge in [-0.15, -0.1) is 0 Å². The van der Waals surface area contributed by atoms with Gasteiger partial charge in [0.05, 0.1) is 40.5 Å². The number of pyridine rings is 1. The van der Waals surface area contributed by atoms with E-state index in [9.17, 15) is 19.1 Å². The SMILES string of the molecule is COC(Cn1c(Cc2ccc(-c3cccc(OCc4ccc(C#N)cc4F)n3)cc2)nc2ccc(C(=O)O)cc21)C(N)=O. The Morgan fingerprint density at radius 1 is 1.07 bits per heavy atom. The zero-order valence-electron chi connectivity index (χ0n) is 23.0. The quantitative estimate of drug-likeness (QED) is 0.232. The van der Waals surface area contributed by atoms with Crippen molar-refractivity contribution < 1.29 is 28.6 Å². The topological polar surface area (TPSA) is 153 Å². The van der Waals surface area contributed by atoms with Gasteiger partial charge >= 0.3 is 5.97 Å². The molecule has 1 unspecified atom stereocenters. The van der Waals surface area contributed by atoms with Gasteiger partial charge in [0, 0.05) is 30.7 Å². The lowest BCUT2D eigenvalue weighted by atomic mass is 10.1. The van der Waals surface area contributed by atoms with Crippen LogP contribution in [0, 0.1) is 17.1 Å². The van der Waals surface area contributed by atoms with Crippen molar-refractivity contribution in [2.45, 2.75) is 25.7 Å². The van der Waals surface area contributed by atoms with Crippen LogP contribution in [0.3, 0.4) is 0 Å². The number of carbonyl (C=O) groups excluding carboxylic acids is 1. The van der Waals surface area contributed by atoms with Crippen LogP contribution in [-0.2, 0) is 29.1 Å². The minimum absolute atomic E-state index is 0.0401. The van der Waals surface area contributed by atoms with E-state index in [4.69, 9.17) is 25.5 Å². The number of ether oxygens (including phenoxy) is 2. The van der Waals surface area contributed by atoms with E-state index in [1.165, 1.54) is 37.4 Å².